The van der Waals surface area contributed by atoms with Crippen LogP contribution in [0.25, 0.3) is 0 Å². The van der Waals surface area contributed by atoms with Crippen molar-refractivity contribution >= 4 is 16.0 Å². The maximum atomic E-state index is 13.1. The largest absolute Gasteiger partial charge is 0.495 e. The van der Waals surface area contributed by atoms with Gasteiger partial charge in [0.1, 0.15) is 17.3 Å². The summed E-state index contributed by atoms with van der Waals surface area (Å²) < 4.78 is 76.5. The molecular weight excluding hydrogens is 423 g/mol. The predicted octanol–water partition coefficient (Wildman–Crippen LogP) is 3.86. The van der Waals surface area contributed by atoms with Crippen LogP contribution in [0.3, 0.4) is 0 Å². The minimum atomic E-state index is -4.58. The van der Waals surface area contributed by atoms with Gasteiger partial charge in [-0.25, -0.2) is 13.2 Å². The average Bonchev–Trinajstić information content (AvgIpc) is 3.27. The van der Waals surface area contributed by atoms with Crippen LogP contribution < -0.4 is 4.74 Å². The first-order valence-corrected chi connectivity index (χ1v) is 10.6. The van der Waals surface area contributed by atoms with Crippen LogP contribution in [-0.2, 0) is 27.5 Å². The van der Waals surface area contributed by atoms with Crippen molar-refractivity contribution in [3.8, 4) is 5.75 Å². The summed E-state index contributed by atoms with van der Waals surface area (Å²) in [5, 5.41) is 0. The molecule has 6 nitrogen and oxygen atoms in total. The molecule has 0 atom stereocenters. The fraction of sp³-hybridized carbons (Fsp3) is 0.350. The molecule has 1 fully saturated rings. The molecule has 0 saturated carbocycles. The zero-order chi connectivity index (χ0) is 21.9. The Balaban J connectivity index is 1.84. The molecule has 10 heteroatoms. The molecule has 2 aromatic rings. The summed E-state index contributed by atoms with van der Waals surface area (Å²) in [5.41, 5.74) is -1.19. The summed E-state index contributed by atoms with van der Waals surface area (Å²) in [6, 6.07) is 8.53. The average molecular weight is 443 g/mol. The third-order valence-corrected chi connectivity index (χ3v) is 6.68. The normalized spacial score (nSPS) is 15.2. The zero-order valence-corrected chi connectivity index (χ0v) is 16.9. The van der Waals surface area contributed by atoms with E-state index in [-0.39, 0.29) is 21.8 Å². The summed E-state index contributed by atoms with van der Waals surface area (Å²) in [4.78, 5) is 12.2. The number of nitrogens with zero attached hydrogens (tertiary/aromatic N) is 1. The second kappa shape index (κ2) is 8.65. The fourth-order valence-corrected chi connectivity index (χ4v) is 4.92. The first kappa shape index (κ1) is 22.1. The van der Waals surface area contributed by atoms with E-state index in [0.29, 0.717) is 13.1 Å². The molecule has 1 aliphatic rings. The Morgan fingerprint density at radius 1 is 1.10 bits per heavy atom. The van der Waals surface area contributed by atoms with E-state index in [1.165, 1.54) is 41.7 Å². The topological polar surface area (TPSA) is 72.9 Å². The molecule has 0 unspecified atom stereocenters. The van der Waals surface area contributed by atoms with Crippen LogP contribution in [0.4, 0.5) is 13.2 Å². The molecule has 0 bridgehead atoms. The van der Waals surface area contributed by atoms with Gasteiger partial charge in [0, 0.05) is 18.7 Å². The lowest BCUT2D eigenvalue weighted by Crippen LogP contribution is -2.28. The number of ether oxygens (including phenoxy) is 2. The van der Waals surface area contributed by atoms with Crippen molar-refractivity contribution in [3.05, 3.63) is 59.2 Å². The van der Waals surface area contributed by atoms with Crippen LogP contribution in [0.1, 0.15) is 34.3 Å². The number of carbonyl (C=O) groups is 1. The van der Waals surface area contributed by atoms with Crippen molar-refractivity contribution in [2.45, 2.75) is 30.5 Å². The lowest BCUT2D eigenvalue weighted by Gasteiger charge is -2.18. The van der Waals surface area contributed by atoms with Gasteiger partial charge in [0.2, 0.25) is 10.0 Å². The molecule has 0 radical (unpaired) electrons. The van der Waals surface area contributed by atoms with Crippen LogP contribution in [0.5, 0.6) is 5.75 Å². The number of halogens is 3. The first-order chi connectivity index (χ1) is 14.1. The number of carbonyl (C=O) groups excluding carboxylic acids is 1. The lowest BCUT2D eigenvalue weighted by atomic mass is 10.1. The fourth-order valence-electron chi connectivity index (χ4n) is 3.22. The molecule has 0 aliphatic carbocycles. The monoisotopic (exact) mass is 443 g/mol. The molecule has 0 spiro atoms. The van der Waals surface area contributed by atoms with E-state index in [0.717, 1.165) is 25.0 Å². The summed E-state index contributed by atoms with van der Waals surface area (Å²) >= 11 is 0. The number of benzene rings is 2. The highest BCUT2D eigenvalue weighted by Gasteiger charge is 2.33. The molecule has 0 aromatic heterocycles. The standard InChI is InChI=1S/C20H20F3NO5S/c1-28-17-9-8-14(12-18(17)30(26,27)24-10-4-5-11-24)19(25)29-13-15-6-2-3-7-16(15)20(21,22)23/h2-3,6-9,12H,4-5,10-11,13H2,1H3. The Hall–Kier alpha value is -2.59. The minimum absolute atomic E-state index is 0.0702. The van der Waals surface area contributed by atoms with Gasteiger partial charge in [0.15, 0.2) is 0 Å². The molecule has 30 heavy (non-hydrogen) atoms. The smallest absolute Gasteiger partial charge is 0.416 e. The molecule has 3 rings (SSSR count). The van der Waals surface area contributed by atoms with Gasteiger partial charge in [-0.2, -0.15) is 17.5 Å². The van der Waals surface area contributed by atoms with E-state index < -0.39 is 34.3 Å². The van der Waals surface area contributed by atoms with Gasteiger partial charge in [0.05, 0.1) is 18.2 Å². The van der Waals surface area contributed by atoms with Crippen molar-refractivity contribution in [2.75, 3.05) is 20.2 Å². The maximum absolute atomic E-state index is 13.1. The van der Waals surface area contributed by atoms with Crippen molar-refractivity contribution in [1.82, 2.24) is 4.31 Å². The Kier molecular flexibility index (Phi) is 6.37. The molecule has 1 saturated heterocycles. The molecule has 2 aromatic carbocycles. The van der Waals surface area contributed by atoms with Gasteiger partial charge in [0.25, 0.3) is 0 Å². The van der Waals surface area contributed by atoms with Gasteiger partial charge in [-0.05, 0) is 37.1 Å². The van der Waals surface area contributed by atoms with Crippen molar-refractivity contribution in [2.24, 2.45) is 0 Å². The van der Waals surface area contributed by atoms with E-state index >= 15 is 0 Å². The molecular formula is C20H20F3NO5S. The van der Waals surface area contributed by atoms with Gasteiger partial charge in [-0.3, -0.25) is 0 Å². The van der Waals surface area contributed by atoms with Crippen molar-refractivity contribution in [3.63, 3.8) is 0 Å². The summed E-state index contributed by atoms with van der Waals surface area (Å²) in [6.07, 6.45) is -3.11. The van der Waals surface area contributed by atoms with E-state index in [1.54, 1.807) is 0 Å². The van der Waals surface area contributed by atoms with Gasteiger partial charge < -0.3 is 9.47 Å². The number of alkyl halides is 3. The van der Waals surface area contributed by atoms with Gasteiger partial charge in [-0.15, -0.1) is 0 Å². The molecule has 1 aliphatic heterocycles. The summed E-state index contributed by atoms with van der Waals surface area (Å²) in [6.45, 7) is 0.136. The maximum Gasteiger partial charge on any atom is 0.416 e. The molecule has 0 N–H and O–H groups in total. The number of hydrogen-bond donors (Lipinski definition) is 0. The Morgan fingerprint density at radius 2 is 1.77 bits per heavy atom. The highest BCUT2D eigenvalue weighted by Crippen LogP contribution is 2.33. The highest BCUT2D eigenvalue weighted by molar-refractivity contribution is 7.89. The Labute approximate surface area is 172 Å². The highest BCUT2D eigenvalue weighted by atomic mass is 32.2. The summed E-state index contributed by atoms with van der Waals surface area (Å²) in [7, 11) is -2.57. The summed E-state index contributed by atoms with van der Waals surface area (Å²) in [5.74, 6) is -0.867. The van der Waals surface area contributed by atoms with Crippen LogP contribution in [0, 0.1) is 0 Å². The van der Waals surface area contributed by atoms with E-state index in [9.17, 15) is 26.4 Å². The van der Waals surface area contributed by atoms with Crippen LogP contribution in [0.2, 0.25) is 0 Å². The van der Waals surface area contributed by atoms with E-state index in [4.69, 9.17) is 9.47 Å². The first-order valence-electron chi connectivity index (χ1n) is 9.15. The van der Waals surface area contributed by atoms with Crippen molar-refractivity contribution in [1.29, 1.82) is 0 Å². The second-order valence-corrected chi connectivity index (χ2v) is 8.61. The number of hydrogen-bond acceptors (Lipinski definition) is 5. The third kappa shape index (κ3) is 4.59. The quantitative estimate of drug-likeness (QED) is 0.634. The van der Waals surface area contributed by atoms with Crippen LogP contribution in [0.15, 0.2) is 47.4 Å². The molecule has 1 heterocycles. The Morgan fingerprint density at radius 3 is 2.40 bits per heavy atom. The third-order valence-electron chi connectivity index (χ3n) is 4.76. The number of methoxy groups -OCH3 is 1. The van der Waals surface area contributed by atoms with Gasteiger partial charge in [-0.1, -0.05) is 18.2 Å². The zero-order valence-electron chi connectivity index (χ0n) is 16.1. The molecule has 162 valence electrons. The number of rotatable bonds is 6. The second-order valence-electron chi connectivity index (χ2n) is 6.71. The molecule has 0 amide bonds. The van der Waals surface area contributed by atoms with E-state index in [1.807, 2.05) is 0 Å². The van der Waals surface area contributed by atoms with Gasteiger partial charge >= 0.3 is 12.1 Å². The van der Waals surface area contributed by atoms with Crippen LogP contribution >= 0.6 is 0 Å². The Bertz CT molecular complexity index is 1030. The minimum Gasteiger partial charge on any atom is -0.495 e. The van der Waals surface area contributed by atoms with E-state index in [2.05, 4.69) is 0 Å². The predicted molar refractivity (Wildman–Crippen MR) is 102 cm³/mol. The number of sulfonamides is 1. The van der Waals surface area contributed by atoms with Crippen molar-refractivity contribution < 1.29 is 35.9 Å². The lowest BCUT2D eigenvalue weighted by molar-refractivity contribution is -0.138. The SMILES string of the molecule is COc1ccc(C(=O)OCc2ccccc2C(F)(F)F)cc1S(=O)(=O)N1CCCC1. The number of esters is 1. The van der Waals surface area contributed by atoms with Crippen LogP contribution in [-0.4, -0.2) is 38.9 Å².